The van der Waals surface area contributed by atoms with Gasteiger partial charge in [-0.2, -0.15) is 0 Å². The molecule has 2 unspecified atom stereocenters. The highest BCUT2D eigenvalue weighted by Crippen LogP contribution is 2.28. The van der Waals surface area contributed by atoms with Crippen molar-refractivity contribution in [2.45, 2.75) is 31.3 Å². The molecule has 3 nitrogen and oxygen atoms in total. The fourth-order valence-electron chi connectivity index (χ4n) is 3.18. The van der Waals surface area contributed by atoms with Gasteiger partial charge in [0.05, 0.1) is 6.04 Å². The van der Waals surface area contributed by atoms with Gasteiger partial charge in [0.15, 0.2) is 0 Å². The van der Waals surface area contributed by atoms with Gasteiger partial charge in [-0.25, -0.2) is 0 Å². The lowest BCUT2D eigenvalue weighted by atomic mass is 9.97. The molecule has 1 saturated carbocycles. The molecule has 0 radical (unpaired) electrons. The summed E-state index contributed by atoms with van der Waals surface area (Å²) in [6.45, 7) is 0. The van der Waals surface area contributed by atoms with Crippen LogP contribution in [0.5, 0.6) is 0 Å². The first-order valence-corrected chi connectivity index (χ1v) is 8.85. The molecule has 134 valence electrons. The summed E-state index contributed by atoms with van der Waals surface area (Å²) in [6.07, 6.45) is 2.51. The van der Waals surface area contributed by atoms with E-state index in [1.165, 1.54) is 0 Å². The van der Waals surface area contributed by atoms with Crippen molar-refractivity contribution in [1.82, 2.24) is 5.32 Å². The van der Waals surface area contributed by atoms with Gasteiger partial charge in [0.1, 0.15) is 0 Å². The smallest absolute Gasteiger partial charge is 0.223 e. The van der Waals surface area contributed by atoms with Crippen LogP contribution in [0.3, 0.4) is 0 Å². The van der Waals surface area contributed by atoms with Crippen LogP contribution in [-0.4, -0.2) is 11.9 Å². The van der Waals surface area contributed by atoms with Crippen molar-refractivity contribution in [3.8, 4) is 0 Å². The fourth-order valence-corrected chi connectivity index (χ4v) is 3.44. The average molecular weight is 400 g/mol. The van der Waals surface area contributed by atoms with Crippen molar-refractivity contribution in [1.29, 1.82) is 0 Å². The summed E-state index contributed by atoms with van der Waals surface area (Å²) in [5.41, 5.74) is 7.91. The van der Waals surface area contributed by atoms with Crippen LogP contribution < -0.4 is 11.1 Å². The number of hydrogen-bond acceptors (Lipinski definition) is 2. The lowest BCUT2D eigenvalue weighted by Gasteiger charge is -2.22. The molecule has 25 heavy (non-hydrogen) atoms. The van der Waals surface area contributed by atoms with Crippen molar-refractivity contribution in [3.63, 3.8) is 0 Å². The second-order valence-electron chi connectivity index (χ2n) is 6.31. The number of halogens is 3. The molecule has 6 heteroatoms. The Kier molecular flexibility index (Phi) is 7.14. The van der Waals surface area contributed by atoms with Crippen LogP contribution in [0.2, 0.25) is 10.0 Å². The first-order chi connectivity index (χ1) is 11.5. The third-order valence-electron chi connectivity index (χ3n) is 4.54. The summed E-state index contributed by atoms with van der Waals surface area (Å²) in [5, 5.41) is 4.51. The molecule has 0 heterocycles. The Balaban J connectivity index is 0.00000225. The van der Waals surface area contributed by atoms with Gasteiger partial charge in [-0.05, 0) is 54.7 Å². The number of benzene rings is 2. The predicted molar refractivity (Wildman–Crippen MR) is 105 cm³/mol. The van der Waals surface area contributed by atoms with Crippen LogP contribution in [0.25, 0.3) is 0 Å². The first-order valence-electron chi connectivity index (χ1n) is 8.10. The summed E-state index contributed by atoms with van der Waals surface area (Å²) < 4.78 is 0. The van der Waals surface area contributed by atoms with E-state index in [0.29, 0.717) is 10.0 Å². The molecule has 2 aromatic carbocycles. The first kappa shape index (κ1) is 20.1. The minimum Gasteiger partial charge on any atom is -0.345 e. The Hall–Kier alpha value is -1.26. The molecule has 1 aliphatic rings. The van der Waals surface area contributed by atoms with Crippen LogP contribution in [0.4, 0.5) is 0 Å². The summed E-state index contributed by atoms with van der Waals surface area (Å²) >= 11 is 12.0. The van der Waals surface area contributed by atoms with Crippen molar-refractivity contribution >= 4 is 41.5 Å². The summed E-state index contributed by atoms with van der Waals surface area (Å²) in [4.78, 5) is 12.7. The van der Waals surface area contributed by atoms with E-state index >= 15 is 0 Å². The topological polar surface area (TPSA) is 55.1 Å². The molecule has 2 atom stereocenters. The zero-order valence-corrected chi connectivity index (χ0v) is 16.0. The third-order valence-corrected chi connectivity index (χ3v) is 5.04. The molecule has 3 rings (SSSR count). The zero-order chi connectivity index (χ0) is 17.1. The van der Waals surface area contributed by atoms with Crippen LogP contribution in [0.1, 0.15) is 36.4 Å². The van der Waals surface area contributed by atoms with Crippen molar-refractivity contribution in [2.24, 2.45) is 11.7 Å². The maximum Gasteiger partial charge on any atom is 0.223 e. The predicted octanol–water partition coefficient (Wildman–Crippen LogP) is 4.75. The second kappa shape index (κ2) is 8.91. The Bertz CT molecular complexity index is 658. The molecule has 0 aromatic heterocycles. The van der Waals surface area contributed by atoms with Gasteiger partial charge in [-0.15, -0.1) is 12.4 Å². The normalized spacial score (nSPS) is 19.5. The van der Waals surface area contributed by atoms with Gasteiger partial charge < -0.3 is 11.1 Å². The number of hydrogen-bond donors (Lipinski definition) is 2. The van der Waals surface area contributed by atoms with Crippen molar-refractivity contribution < 1.29 is 4.79 Å². The fraction of sp³-hybridized carbons (Fsp3) is 0.316. The van der Waals surface area contributed by atoms with Crippen LogP contribution in [-0.2, 0) is 4.79 Å². The Morgan fingerprint density at radius 1 is 0.960 bits per heavy atom. The molecule has 3 N–H and O–H groups in total. The number of carbonyl (C=O) groups is 1. The van der Waals surface area contributed by atoms with Gasteiger partial charge in [-0.3, -0.25) is 4.79 Å². The highest BCUT2D eigenvalue weighted by Gasteiger charge is 2.29. The number of nitrogens with two attached hydrogens (primary N) is 1. The van der Waals surface area contributed by atoms with Gasteiger partial charge in [0, 0.05) is 22.0 Å². The average Bonchev–Trinajstić information content (AvgIpc) is 3.01. The lowest BCUT2D eigenvalue weighted by molar-refractivity contribution is -0.125. The number of carbonyl (C=O) groups excluding carboxylic acids is 1. The summed E-state index contributed by atoms with van der Waals surface area (Å²) in [5.74, 6) is 0.0416. The second-order valence-corrected chi connectivity index (χ2v) is 7.19. The van der Waals surface area contributed by atoms with E-state index in [9.17, 15) is 4.79 Å². The SMILES string of the molecule is Cl.NC1CCC(C(=O)NC(c2ccc(Cl)cc2)c2ccc(Cl)cc2)C1. The van der Waals surface area contributed by atoms with Crippen molar-refractivity contribution in [3.05, 3.63) is 69.7 Å². The van der Waals surface area contributed by atoms with E-state index in [1.807, 2.05) is 48.5 Å². The molecule has 1 amide bonds. The standard InChI is InChI=1S/C19H20Cl2N2O.ClH/c20-15-6-1-12(2-7-15)18(13-3-8-16(21)9-4-13)23-19(24)14-5-10-17(22)11-14;/h1-4,6-9,14,17-18H,5,10-11,22H2,(H,23,24);1H. The minimum absolute atomic E-state index is 0. The Morgan fingerprint density at radius 2 is 1.44 bits per heavy atom. The zero-order valence-electron chi connectivity index (χ0n) is 13.6. The number of rotatable bonds is 4. The van der Waals surface area contributed by atoms with Gasteiger partial charge in [-0.1, -0.05) is 47.5 Å². The number of nitrogens with one attached hydrogen (secondary N) is 1. The molecule has 0 bridgehead atoms. The summed E-state index contributed by atoms with van der Waals surface area (Å²) in [6, 6.07) is 15.0. The maximum atomic E-state index is 12.7. The van der Waals surface area contributed by atoms with E-state index < -0.39 is 0 Å². The van der Waals surface area contributed by atoms with Gasteiger partial charge >= 0.3 is 0 Å². The quantitative estimate of drug-likeness (QED) is 0.779. The van der Waals surface area contributed by atoms with E-state index in [1.54, 1.807) is 0 Å². The molecular formula is C19H21Cl3N2O. The molecule has 1 aliphatic carbocycles. The Labute approximate surface area is 164 Å². The molecule has 0 spiro atoms. The largest absolute Gasteiger partial charge is 0.345 e. The number of amides is 1. The minimum atomic E-state index is -0.233. The summed E-state index contributed by atoms with van der Waals surface area (Å²) in [7, 11) is 0. The van der Waals surface area contributed by atoms with Crippen LogP contribution in [0.15, 0.2) is 48.5 Å². The monoisotopic (exact) mass is 398 g/mol. The van der Waals surface area contributed by atoms with E-state index in [0.717, 1.165) is 30.4 Å². The van der Waals surface area contributed by atoms with E-state index in [-0.39, 0.29) is 36.3 Å². The molecule has 0 aliphatic heterocycles. The Morgan fingerprint density at radius 3 is 1.84 bits per heavy atom. The lowest BCUT2D eigenvalue weighted by Crippen LogP contribution is -2.34. The highest BCUT2D eigenvalue weighted by atomic mass is 35.5. The van der Waals surface area contributed by atoms with Crippen LogP contribution >= 0.6 is 35.6 Å². The molecule has 1 fully saturated rings. The van der Waals surface area contributed by atoms with Gasteiger partial charge in [0.25, 0.3) is 0 Å². The highest BCUT2D eigenvalue weighted by molar-refractivity contribution is 6.30. The third kappa shape index (κ3) is 5.11. The molecular weight excluding hydrogens is 379 g/mol. The van der Waals surface area contributed by atoms with Crippen molar-refractivity contribution in [2.75, 3.05) is 0 Å². The molecule has 0 saturated heterocycles. The molecule has 2 aromatic rings. The van der Waals surface area contributed by atoms with E-state index in [2.05, 4.69) is 5.32 Å². The van der Waals surface area contributed by atoms with E-state index in [4.69, 9.17) is 28.9 Å². The maximum absolute atomic E-state index is 12.7. The van der Waals surface area contributed by atoms with Crippen LogP contribution in [0, 0.1) is 5.92 Å². The van der Waals surface area contributed by atoms with Gasteiger partial charge in [0.2, 0.25) is 5.91 Å².